The maximum Gasteiger partial charge on any atom is 0.293 e. The Labute approximate surface area is 147 Å². The highest BCUT2D eigenvalue weighted by molar-refractivity contribution is 5.96. The Morgan fingerprint density at radius 3 is 2.56 bits per heavy atom. The first-order valence-corrected chi connectivity index (χ1v) is 8.37. The molecule has 1 amide bonds. The van der Waals surface area contributed by atoms with Crippen LogP contribution in [0.1, 0.15) is 37.0 Å². The summed E-state index contributed by atoms with van der Waals surface area (Å²) in [6.45, 7) is 6.01. The van der Waals surface area contributed by atoms with E-state index in [0.717, 1.165) is 0 Å². The Hall–Kier alpha value is -2.59. The number of nitro benzene ring substituents is 1. The van der Waals surface area contributed by atoms with E-state index >= 15 is 0 Å². The number of carbonyl (C=O) groups excluding carboxylic acids is 1. The van der Waals surface area contributed by atoms with Crippen molar-refractivity contribution >= 4 is 17.3 Å². The number of nitro groups is 1. The van der Waals surface area contributed by atoms with Gasteiger partial charge in [-0.15, -0.1) is 6.42 Å². The van der Waals surface area contributed by atoms with E-state index in [9.17, 15) is 14.9 Å². The number of terminal acetylenes is 1. The average Bonchev–Trinajstić information content (AvgIpc) is 2.66. The zero-order valence-corrected chi connectivity index (χ0v) is 14.6. The van der Waals surface area contributed by atoms with E-state index < -0.39 is 16.4 Å². The first-order valence-electron chi connectivity index (χ1n) is 8.37. The van der Waals surface area contributed by atoms with Crippen LogP contribution < -0.4 is 10.2 Å². The Balaban J connectivity index is 2.31. The summed E-state index contributed by atoms with van der Waals surface area (Å²) in [6.07, 6.45) is 6.73. The largest absolute Gasteiger partial charge is 0.378 e. The fraction of sp³-hybridized carbons (Fsp3) is 0.500. The molecule has 0 aromatic heterocycles. The third-order valence-electron chi connectivity index (χ3n) is 4.62. The van der Waals surface area contributed by atoms with Crippen molar-refractivity contribution in [2.24, 2.45) is 0 Å². The Morgan fingerprint density at radius 1 is 1.40 bits per heavy atom. The van der Waals surface area contributed by atoms with E-state index in [-0.39, 0.29) is 11.3 Å². The van der Waals surface area contributed by atoms with Crippen molar-refractivity contribution in [3.05, 3.63) is 33.9 Å². The van der Waals surface area contributed by atoms with Gasteiger partial charge < -0.3 is 15.0 Å². The van der Waals surface area contributed by atoms with Gasteiger partial charge in [0.25, 0.3) is 11.6 Å². The standard InChI is InChI=1S/C18H23N3O4/c1-4-18(5-2,6-3)19-17(22)14-7-8-15(16(13-14)21(23)24)20-9-11-25-12-10-20/h1,7-8,13H,5-6,9-12H2,2-3H3,(H,19,22). The molecule has 0 radical (unpaired) electrons. The molecule has 1 saturated heterocycles. The van der Waals surface area contributed by atoms with Gasteiger partial charge in [0, 0.05) is 24.7 Å². The summed E-state index contributed by atoms with van der Waals surface area (Å²) in [5.41, 5.74) is -0.104. The Kier molecular flexibility index (Phi) is 5.99. The molecule has 2 rings (SSSR count). The Morgan fingerprint density at radius 2 is 2.04 bits per heavy atom. The van der Waals surface area contributed by atoms with Crippen LogP contribution in [0.4, 0.5) is 11.4 Å². The first kappa shape index (κ1) is 18.7. The van der Waals surface area contributed by atoms with Crippen LogP contribution in [0.3, 0.4) is 0 Å². The van der Waals surface area contributed by atoms with Gasteiger partial charge in [-0.3, -0.25) is 14.9 Å². The number of nitrogens with zero attached hydrogens (tertiary/aromatic N) is 2. The van der Waals surface area contributed by atoms with Gasteiger partial charge in [-0.25, -0.2) is 0 Å². The summed E-state index contributed by atoms with van der Waals surface area (Å²) < 4.78 is 5.28. The second kappa shape index (κ2) is 7.99. The van der Waals surface area contributed by atoms with Crippen molar-refractivity contribution in [2.45, 2.75) is 32.2 Å². The zero-order valence-electron chi connectivity index (χ0n) is 14.6. The van der Waals surface area contributed by atoms with Gasteiger partial charge in [-0.1, -0.05) is 19.8 Å². The normalized spacial score (nSPS) is 14.7. The maximum absolute atomic E-state index is 12.5. The van der Waals surface area contributed by atoms with Crippen LogP contribution in [0.15, 0.2) is 18.2 Å². The fourth-order valence-corrected chi connectivity index (χ4v) is 2.84. The number of nitrogens with one attached hydrogen (secondary N) is 1. The average molecular weight is 345 g/mol. The lowest BCUT2D eigenvalue weighted by molar-refractivity contribution is -0.384. The van der Waals surface area contributed by atoms with Gasteiger partial charge in [-0.05, 0) is 25.0 Å². The van der Waals surface area contributed by atoms with Gasteiger partial charge >= 0.3 is 0 Å². The highest BCUT2D eigenvalue weighted by atomic mass is 16.6. The quantitative estimate of drug-likeness (QED) is 0.486. The van der Waals surface area contributed by atoms with Gasteiger partial charge in [0.1, 0.15) is 11.2 Å². The van der Waals surface area contributed by atoms with Crippen molar-refractivity contribution in [1.29, 1.82) is 0 Å². The molecule has 0 spiro atoms. The monoisotopic (exact) mass is 345 g/mol. The number of carbonyl (C=O) groups is 1. The molecule has 1 aliphatic rings. The number of anilines is 1. The van der Waals surface area contributed by atoms with Crippen LogP contribution in [0.2, 0.25) is 0 Å². The minimum absolute atomic E-state index is 0.0890. The number of amides is 1. The molecule has 7 heteroatoms. The second-order valence-electron chi connectivity index (χ2n) is 5.95. The third kappa shape index (κ3) is 4.09. The molecule has 0 atom stereocenters. The van der Waals surface area contributed by atoms with Gasteiger partial charge in [0.2, 0.25) is 0 Å². The topological polar surface area (TPSA) is 84.7 Å². The van der Waals surface area contributed by atoms with Gasteiger partial charge in [-0.2, -0.15) is 0 Å². The molecule has 1 fully saturated rings. The minimum atomic E-state index is -0.741. The summed E-state index contributed by atoms with van der Waals surface area (Å²) in [7, 11) is 0. The van der Waals surface area contributed by atoms with Crippen molar-refractivity contribution in [3.8, 4) is 12.3 Å². The van der Waals surface area contributed by atoms with Crippen molar-refractivity contribution in [3.63, 3.8) is 0 Å². The molecule has 1 aromatic carbocycles. The zero-order chi connectivity index (χ0) is 18.4. The molecule has 7 nitrogen and oxygen atoms in total. The van der Waals surface area contributed by atoms with Crippen LogP contribution in [0.5, 0.6) is 0 Å². The van der Waals surface area contributed by atoms with E-state index in [4.69, 9.17) is 11.2 Å². The molecule has 0 bridgehead atoms. The van der Waals surface area contributed by atoms with E-state index in [1.807, 2.05) is 18.7 Å². The highest BCUT2D eigenvalue weighted by Gasteiger charge is 2.28. The third-order valence-corrected chi connectivity index (χ3v) is 4.62. The number of morpholine rings is 1. The molecule has 0 saturated carbocycles. The number of benzene rings is 1. The van der Waals surface area contributed by atoms with E-state index in [1.165, 1.54) is 6.07 Å². The lowest BCUT2D eigenvalue weighted by Gasteiger charge is -2.29. The summed E-state index contributed by atoms with van der Waals surface area (Å²) in [5.74, 6) is 2.22. The highest BCUT2D eigenvalue weighted by Crippen LogP contribution is 2.30. The van der Waals surface area contributed by atoms with Crippen LogP contribution in [0.25, 0.3) is 0 Å². The lowest BCUT2D eigenvalue weighted by atomic mass is 9.93. The molecule has 0 unspecified atom stereocenters. The number of ether oxygens (including phenoxy) is 1. The summed E-state index contributed by atoms with van der Waals surface area (Å²) in [5, 5.41) is 14.3. The molecular formula is C18H23N3O4. The van der Waals surface area contributed by atoms with Crippen LogP contribution in [0, 0.1) is 22.5 Å². The van der Waals surface area contributed by atoms with Crippen molar-refractivity contribution in [1.82, 2.24) is 5.32 Å². The predicted octanol–water partition coefficient (Wildman–Crippen LogP) is 2.35. The van der Waals surface area contributed by atoms with E-state index in [0.29, 0.717) is 44.8 Å². The maximum atomic E-state index is 12.5. The molecule has 0 aliphatic carbocycles. The fourth-order valence-electron chi connectivity index (χ4n) is 2.84. The van der Waals surface area contributed by atoms with Crippen molar-refractivity contribution in [2.75, 3.05) is 31.2 Å². The molecule has 1 aliphatic heterocycles. The molecule has 134 valence electrons. The molecule has 1 aromatic rings. The smallest absolute Gasteiger partial charge is 0.293 e. The summed E-state index contributed by atoms with van der Waals surface area (Å²) in [6, 6.07) is 4.53. The van der Waals surface area contributed by atoms with E-state index in [2.05, 4.69) is 11.2 Å². The minimum Gasteiger partial charge on any atom is -0.378 e. The van der Waals surface area contributed by atoms with E-state index in [1.54, 1.807) is 12.1 Å². The first-order chi connectivity index (χ1) is 12.0. The van der Waals surface area contributed by atoms with Gasteiger partial charge in [0.15, 0.2) is 0 Å². The molecule has 25 heavy (non-hydrogen) atoms. The molecule has 1 heterocycles. The van der Waals surface area contributed by atoms with Crippen LogP contribution >= 0.6 is 0 Å². The molecular weight excluding hydrogens is 322 g/mol. The van der Waals surface area contributed by atoms with Crippen LogP contribution in [-0.4, -0.2) is 42.7 Å². The predicted molar refractivity (Wildman–Crippen MR) is 95.7 cm³/mol. The lowest BCUT2D eigenvalue weighted by Crippen LogP contribution is -2.46. The number of rotatable bonds is 6. The summed E-state index contributed by atoms with van der Waals surface area (Å²) >= 11 is 0. The number of hydrogen-bond acceptors (Lipinski definition) is 5. The van der Waals surface area contributed by atoms with Crippen LogP contribution in [-0.2, 0) is 4.74 Å². The SMILES string of the molecule is C#CC(CC)(CC)NC(=O)c1ccc(N2CCOCC2)c([N+](=O)[O-])c1. The number of hydrogen-bond donors (Lipinski definition) is 1. The Bertz CT molecular complexity index is 686. The second-order valence-corrected chi connectivity index (χ2v) is 5.95. The van der Waals surface area contributed by atoms with Crippen molar-refractivity contribution < 1.29 is 14.5 Å². The molecule has 1 N–H and O–H groups in total. The summed E-state index contributed by atoms with van der Waals surface area (Å²) in [4.78, 5) is 25.4. The van der Waals surface area contributed by atoms with Gasteiger partial charge in [0.05, 0.1) is 18.1 Å².